The lowest BCUT2D eigenvalue weighted by Gasteiger charge is -2.19. The van der Waals surface area contributed by atoms with Gasteiger partial charge in [-0.2, -0.15) is 0 Å². The summed E-state index contributed by atoms with van der Waals surface area (Å²) in [5.41, 5.74) is 0. The smallest absolute Gasteiger partial charge is 0.0963 e. The predicted molar refractivity (Wildman–Crippen MR) is 63.1 cm³/mol. The number of hydrogen-bond donors (Lipinski definition) is 0. The molecule has 0 unspecified atom stereocenters. The lowest BCUT2D eigenvalue weighted by molar-refractivity contribution is 0.327. The minimum Gasteiger partial charge on any atom is -0.299 e. The highest BCUT2D eigenvalue weighted by atomic mass is 32.2. The zero-order chi connectivity index (χ0) is 10.1. The fourth-order valence-corrected chi connectivity index (χ4v) is 4.02. The third-order valence-electron chi connectivity index (χ3n) is 3.45. The second kappa shape index (κ2) is 4.14. The molecule has 0 aromatic carbocycles. The highest BCUT2D eigenvalue weighted by molar-refractivity contribution is 7.99. The van der Waals surface area contributed by atoms with E-state index >= 15 is 0 Å². The first kappa shape index (κ1) is 9.67. The predicted octanol–water partition coefficient (Wildman–Crippen LogP) is 2.41. The Morgan fingerprint density at radius 1 is 1.27 bits per heavy atom. The highest BCUT2D eigenvalue weighted by Gasteiger charge is 2.37. The van der Waals surface area contributed by atoms with Crippen molar-refractivity contribution in [2.24, 2.45) is 0 Å². The summed E-state index contributed by atoms with van der Waals surface area (Å²) in [4.78, 5) is 7.05. The van der Waals surface area contributed by atoms with Crippen LogP contribution in [0.5, 0.6) is 0 Å². The molecule has 2 aliphatic heterocycles. The summed E-state index contributed by atoms with van der Waals surface area (Å²) in [6.07, 6.45) is 6.02. The van der Waals surface area contributed by atoms with E-state index < -0.39 is 0 Å². The fraction of sp³-hybridized carbons (Fsp3) is 0.583. The maximum Gasteiger partial charge on any atom is 0.0963 e. The van der Waals surface area contributed by atoms with Gasteiger partial charge in [-0.25, -0.2) is 4.98 Å². The van der Waals surface area contributed by atoms with Gasteiger partial charge < -0.3 is 0 Å². The summed E-state index contributed by atoms with van der Waals surface area (Å²) in [5.74, 6) is 0. The first-order valence-corrected chi connectivity index (χ1v) is 6.63. The molecule has 2 nitrogen and oxygen atoms in total. The van der Waals surface area contributed by atoms with Gasteiger partial charge in [0.25, 0.3) is 0 Å². The van der Waals surface area contributed by atoms with Gasteiger partial charge in [0.2, 0.25) is 0 Å². The molecule has 3 heterocycles. The molecular formula is C12H16N2S. The monoisotopic (exact) mass is 220 g/mol. The molecule has 3 rings (SSSR count). The average Bonchev–Trinajstić information content (AvgIpc) is 2.85. The third-order valence-corrected chi connectivity index (χ3v) is 4.79. The van der Waals surface area contributed by atoms with Crippen LogP contribution in [0.2, 0.25) is 0 Å². The highest BCUT2D eigenvalue weighted by Crippen LogP contribution is 2.37. The van der Waals surface area contributed by atoms with E-state index in [2.05, 4.69) is 22.0 Å². The second-order valence-corrected chi connectivity index (χ2v) is 5.62. The maximum atomic E-state index is 4.40. The number of fused-ring (bicyclic) bond motifs is 1. The fourth-order valence-electron chi connectivity index (χ4n) is 2.75. The molecule has 0 amide bonds. The Kier molecular flexibility index (Phi) is 2.67. The van der Waals surface area contributed by atoms with Gasteiger partial charge in [-0.3, -0.25) is 4.90 Å². The standard InChI is InChI=1S/C12H16N2S/c1-2-7-13-12(5-1)15-11-6-9-14-8-3-4-10(11)14/h1-2,5,7,10-11H,3-4,6,8-9H2/t10-,11+/m0/s1. The van der Waals surface area contributed by atoms with Crippen molar-refractivity contribution >= 4 is 11.8 Å². The SMILES string of the molecule is c1ccc(S[C@@H]2CCN3CCC[C@@H]23)nc1. The molecule has 0 saturated carbocycles. The van der Waals surface area contributed by atoms with Crippen LogP contribution in [0.4, 0.5) is 0 Å². The van der Waals surface area contributed by atoms with Gasteiger partial charge in [-0.1, -0.05) is 6.07 Å². The maximum absolute atomic E-state index is 4.40. The molecular weight excluding hydrogens is 204 g/mol. The summed E-state index contributed by atoms with van der Waals surface area (Å²) in [7, 11) is 0. The molecule has 2 saturated heterocycles. The first-order chi connectivity index (χ1) is 7.43. The van der Waals surface area contributed by atoms with Crippen LogP contribution in [-0.4, -0.2) is 34.3 Å². The Morgan fingerprint density at radius 2 is 2.27 bits per heavy atom. The molecule has 1 aromatic heterocycles. The van der Waals surface area contributed by atoms with Crippen molar-refractivity contribution in [2.45, 2.75) is 35.6 Å². The van der Waals surface area contributed by atoms with Crippen LogP contribution < -0.4 is 0 Å². The minimum absolute atomic E-state index is 0.780. The quantitative estimate of drug-likeness (QED) is 0.761. The number of thioether (sulfide) groups is 1. The summed E-state index contributed by atoms with van der Waals surface area (Å²) < 4.78 is 0. The molecule has 3 heteroatoms. The molecule has 0 N–H and O–H groups in total. The zero-order valence-electron chi connectivity index (χ0n) is 8.80. The van der Waals surface area contributed by atoms with E-state index in [0.29, 0.717) is 0 Å². The molecule has 2 aliphatic rings. The molecule has 2 atom stereocenters. The Morgan fingerprint density at radius 3 is 3.13 bits per heavy atom. The van der Waals surface area contributed by atoms with Crippen molar-refractivity contribution < 1.29 is 0 Å². The number of nitrogens with zero attached hydrogens (tertiary/aromatic N) is 2. The Balaban J connectivity index is 1.69. The van der Waals surface area contributed by atoms with Crippen molar-refractivity contribution in [3.8, 4) is 0 Å². The second-order valence-electron chi connectivity index (χ2n) is 4.36. The van der Waals surface area contributed by atoms with E-state index in [0.717, 1.165) is 11.3 Å². The van der Waals surface area contributed by atoms with Crippen LogP contribution in [0.1, 0.15) is 19.3 Å². The molecule has 1 aromatic rings. The van der Waals surface area contributed by atoms with E-state index in [1.54, 1.807) is 0 Å². The van der Waals surface area contributed by atoms with Crippen molar-refractivity contribution in [1.82, 2.24) is 9.88 Å². The molecule has 2 fully saturated rings. The van der Waals surface area contributed by atoms with Gasteiger partial charge in [0.1, 0.15) is 0 Å². The van der Waals surface area contributed by atoms with E-state index in [4.69, 9.17) is 0 Å². The largest absolute Gasteiger partial charge is 0.299 e. The van der Waals surface area contributed by atoms with Crippen LogP contribution in [0.3, 0.4) is 0 Å². The molecule has 80 valence electrons. The Hall–Kier alpha value is -0.540. The lowest BCUT2D eigenvalue weighted by atomic mass is 10.1. The molecule has 0 spiro atoms. The normalized spacial score (nSPS) is 30.7. The molecule has 0 radical (unpaired) electrons. The van der Waals surface area contributed by atoms with Gasteiger partial charge in [-0.15, -0.1) is 11.8 Å². The van der Waals surface area contributed by atoms with Gasteiger partial charge >= 0.3 is 0 Å². The van der Waals surface area contributed by atoms with Crippen molar-refractivity contribution in [3.63, 3.8) is 0 Å². The Bertz CT molecular complexity index is 328. The van der Waals surface area contributed by atoms with Crippen LogP contribution in [-0.2, 0) is 0 Å². The van der Waals surface area contributed by atoms with E-state index in [-0.39, 0.29) is 0 Å². The van der Waals surface area contributed by atoms with E-state index in [1.165, 1.54) is 37.4 Å². The van der Waals surface area contributed by atoms with Crippen LogP contribution in [0.15, 0.2) is 29.4 Å². The summed E-state index contributed by atoms with van der Waals surface area (Å²) in [6, 6.07) is 7.02. The molecule has 15 heavy (non-hydrogen) atoms. The molecule has 0 bridgehead atoms. The zero-order valence-corrected chi connectivity index (χ0v) is 9.62. The number of aromatic nitrogens is 1. The van der Waals surface area contributed by atoms with E-state index in [9.17, 15) is 0 Å². The minimum atomic E-state index is 0.780. The van der Waals surface area contributed by atoms with E-state index in [1.807, 2.05) is 24.0 Å². The van der Waals surface area contributed by atoms with Crippen molar-refractivity contribution in [1.29, 1.82) is 0 Å². The number of hydrogen-bond acceptors (Lipinski definition) is 3. The number of rotatable bonds is 2. The Labute approximate surface area is 95.1 Å². The van der Waals surface area contributed by atoms with Gasteiger partial charge in [-0.05, 0) is 44.5 Å². The van der Waals surface area contributed by atoms with Crippen LogP contribution >= 0.6 is 11.8 Å². The summed E-state index contributed by atoms with van der Waals surface area (Å²) in [5, 5.41) is 1.97. The van der Waals surface area contributed by atoms with Crippen molar-refractivity contribution in [2.75, 3.05) is 13.1 Å². The van der Waals surface area contributed by atoms with Crippen LogP contribution in [0.25, 0.3) is 0 Å². The summed E-state index contributed by atoms with van der Waals surface area (Å²) in [6.45, 7) is 2.62. The third kappa shape index (κ3) is 1.91. The van der Waals surface area contributed by atoms with Gasteiger partial charge in [0.15, 0.2) is 0 Å². The van der Waals surface area contributed by atoms with Crippen molar-refractivity contribution in [3.05, 3.63) is 24.4 Å². The summed E-state index contributed by atoms with van der Waals surface area (Å²) >= 11 is 1.97. The first-order valence-electron chi connectivity index (χ1n) is 5.75. The lowest BCUT2D eigenvalue weighted by Crippen LogP contribution is -2.27. The molecule has 0 aliphatic carbocycles. The number of pyridine rings is 1. The van der Waals surface area contributed by atoms with Gasteiger partial charge in [0, 0.05) is 17.5 Å². The topological polar surface area (TPSA) is 16.1 Å². The average molecular weight is 220 g/mol. The van der Waals surface area contributed by atoms with Gasteiger partial charge in [0.05, 0.1) is 5.03 Å². The van der Waals surface area contributed by atoms with Crippen LogP contribution in [0, 0.1) is 0 Å².